The Labute approximate surface area is 421 Å². The lowest BCUT2D eigenvalue weighted by Gasteiger charge is -2.50. The summed E-state index contributed by atoms with van der Waals surface area (Å²) in [5.74, 6) is -15.1. The summed E-state index contributed by atoms with van der Waals surface area (Å²) in [6.45, 7) is 0. The number of primary amides is 3. The Kier molecular flexibility index (Phi) is 13.8. The van der Waals surface area contributed by atoms with Crippen molar-refractivity contribution in [3.05, 3.63) is 77.3 Å². The van der Waals surface area contributed by atoms with Crippen LogP contribution in [0.1, 0.15) is 52.9 Å². The number of fused-ring (bicyclic) bond motifs is 6. The zero-order valence-electron chi connectivity index (χ0n) is 39.3. The Morgan fingerprint density at radius 3 is 1.27 bits per heavy atom. The van der Waals surface area contributed by atoms with E-state index < -0.39 is 128 Å². The molecular weight excluding hydrogens is 1040 g/mol. The number of hydrogen-bond acceptors (Lipinski definition) is 19. The average Bonchev–Trinajstić information content (AvgIpc) is 3.24. The SMILES string of the molecule is C.CN(C)c1cc(C(N)=O)c(O)c2c1C[C@H]1C[C@H]3[C@H](N(C)C)C(=O)C(C(N)=O)=C(O)[C@@]3(O)C(=O)C1=C2O.CN(C)c1cc(I)c(O)c2c1CC1CC3[C@H](N(C)C)C(=O)C(C(N)=O)=C(O)[C@@]3(O)C(=O)C1=C2O. The van der Waals surface area contributed by atoms with E-state index in [2.05, 4.69) is 0 Å². The fourth-order valence-corrected chi connectivity index (χ4v) is 12.1. The summed E-state index contributed by atoms with van der Waals surface area (Å²) >= 11 is 1.92. The van der Waals surface area contributed by atoms with Crippen LogP contribution in [-0.2, 0) is 41.6 Å². The summed E-state index contributed by atoms with van der Waals surface area (Å²) in [5.41, 5.74) is 10.4. The van der Waals surface area contributed by atoms with Gasteiger partial charge in [-0.1, -0.05) is 7.43 Å². The van der Waals surface area contributed by atoms with E-state index in [-0.39, 0.29) is 66.7 Å². The molecule has 6 aliphatic carbocycles. The molecule has 0 spiro atoms. The predicted molar refractivity (Wildman–Crippen MR) is 265 cm³/mol. The van der Waals surface area contributed by atoms with E-state index >= 15 is 0 Å². The van der Waals surface area contributed by atoms with Gasteiger partial charge in [0, 0.05) is 62.5 Å². The molecule has 0 radical (unpaired) electrons. The number of aromatic hydroxyl groups is 2. The van der Waals surface area contributed by atoms with Gasteiger partial charge in [0.2, 0.25) is 11.6 Å². The number of halogens is 1. The number of phenols is 2. The molecule has 14 N–H and O–H groups in total. The lowest BCUT2D eigenvalue weighted by molar-refractivity contribution is -0.155. The number of likely N-dealkylation sites (N-methyl/N-ethyl adjacent to an activating group) is 2. The third-order valence-electron chi connectivity index (χ3n) is 14.6. The van der Waals surface area contributed by atoms with Crippen molar-refractivity contribution in [2.45, 2.75) is 56.4 Å². The molecule has 2 fully saturated rings. The molecule has 22 nitrogen and oxygen atoms in total. The molecule has 3 amide bonds. The molecule has 8 rings (SSSR count). The van der Waals surface area contributed by atoms with Crippen molar-refractivity contribution in [2.24, 2.45) is 40.9 Å². The van der Waals surface area contributed by atoms with Crippen molar-refractivity contribution in [1.82, 2.24) is 9.80 Å². The maximum atomic E-state index is 13.8. The highest BCUT2D eigenvalue weighted by Crippen LogP contribution is 2.56. The number of phenolic OH excluding ortho intramolecular Hbond substituents is 1. The third-order valence-corrected chi connectivity index (χ3v) is 15.4. The van der Waals surface area contributed by atoms with Gasteiger partial charge in [0.25, 0.3) is 17.7 Å². The summed E-state index contributed by atoms with van der Waals surface area (Å²) < 4.78 is 0.459. The smallest absolute Gasteiger partial charge is 0.255 e. The Morgan fingerprint density at radius 1 is 0.592 bits per heavy atom. The fourth-order valence-electron chi connectivity index (χ4n) is 11.5. The number of aliphatic hydroxyl groups is 6. The monoisotopic (exact) mass is 1100 g/mol. The Hall–Kier alpha value is -6.54. The van der Waals surface area contributed by atoms with Gasteiger partial charge >= 0.3 is 0 Å². The van der Waals surface area contributed by atoms with E-state index in [9.17, 15) is 74.4 Å². The lowest BCUT2D eigenvalue weighted by Crippen LogP contribution is -2.65. The summed E-state index contributed by atoms with van der Waals surface area (Å²) in [6, 6.07) is 0.891. The molecule has 0 aliphatic heterocycles. The molecule has 2 aromatic carbocycles. The number of Topliss-reactive ketones (excluding diaryl/α,β-unsaturated/α-hetero) is 4. The van der Waals surface area contributed by atoms with Crippen LogP contribution >= 0.6 is 22.6 Å². The molecule has 0 aromatic heterocycles. The molecule has 0 saturated heterocycles. The van der Waals surface area contributed by atoms with Crippen molar-refractivity contribution in [3.8, 4) is 11.5 Å². The molecule has 23 heteroatoms. The number of rotatable bonds is 7. The number of benzene rings is 2. The highest BCUT2D eigenvalue weighted by molar-refractivity contribution is 14.1. The first-order valence-corrected chi connectivity index (χ1v) is 22.9. The van der Waals surface area contributed by atoms with Crippen LogP contribution in [0.25, 0.3) is 11.5 Å². The van der Waals surface area contributed by atoms with Gasteiger partial charge in [-0.3, -0.25) is 43.4 Å². The van der Waals surface area contributed by atoms with E-state index in [0.29, 0.717) is 20.4 Å². The second-order valence-electron chi connectivity index (χ2n) is 19.3. The Bertz CT molecular complexity index is 2920. The molecule has 0 bridgehead atoms. The molecule has 2 unspecified atom stereocenters. The van der Waals surface area contributed by atoms with E-state index in [1.807, 2.05) is 41.6 Å². The summed E-state index contributed by atoms with van der Waals surface area (Å²) in [7, 11) is 13.2. The molecule has 6 aliphatic rings. The largest absolute Gasteiger partial charge is 0.508 e. The number of carbonyl (C=O) groups is 7. The predicted octanol–water partition coefficient (Wildman–Crippen LogP) is 0.400. The van der Waals surface area contributed by atoms with Crippen molar-refractivity contribution >= 4 is 86.3 Å². The van der Waals surface area contributed by atoms with Gasteiger partial charge in [-0.05, 0) is 112 Å². The lowest BCUT2D eigenvalue weighted by atomic mass is 9.57. The average molecular weight is 1100 g/mol. The van der Waals surface area contributed by atoms with Gasteiger partial charge in [0.1, 0.15) is 45.7 Å². The van der Waals surface area contributed by atoms with E-state index in [4.69, 9.17) is 17.2 Å². The normalized spacial score (nSPS) is 27.7. The number of nitrogens with two attached hydrogens (primary N) is 3. The second kappa shape index (κ2) is 18.3. The first kappa shape index (κ1) is 53.8. The zero-order chi connectivity index (χ0) is 52.4. The number of ketones is 4. The zero-order valence-corrected chi connectivity index (χ0v) is 41.4. The maximum absolute atomic E-state index is 13.8. The minimum absolute atomic E-state index is 0. The number of carbonyl (C=O) groups excluding carboxylic acids is 7. The molecule has 2 saturated carbocycles. The topological polar surface area (TPSA) is 372 Å². The van der Waals surface area contributed by atoms with Gasteiger partial charge in [-0.25, -0.2) is 0 Å². The van der Waals surface area contributed by atoms with Crippen molar-refractivity contribution in [2.75, 3.05) is 66.2 Å². The highest BCUT2D eigenvalue weighted by atomic mass is 127. The summed E-state index contributed by atoms with van der Waals surface area (Å²) in [6.07, 6.45) is 0.392. The van der Waals surface area contributed by atoms with Crippen LogP contribution in [0.4, 0.5) is 11.4 Å². The van der Waals surface area contributed by atoms with Crippen molar-refractivity contribution < 1.29 is 74.4 Å². The first-order chi connectivity index (χ1) is 32.4. The van der Waals surface area contributed by atoms with Gasteiger partial charge in [-0.2, -0.15) is 0 Å². The molecule has 2 aromatic rings. The summed E-state index contributed by atoms with van der Waals surface area (Å²) in [4.78, 5) is 96.2. The Balaban J connectivity index is 0.000000230. The van der Waals surface area contributed by atoms with Crippen molar-refractivity contribution in [1.29, 1.82) is 0 Å². The van der Waals surface area contributed by atoms with Crippen molar-refractivity contribution in [3.63, 3.8) is 0 Å². The van der Waals surface area contributed by atoms with Crippen LogP contribution in [0, 0.1) is 27.2 Å². The van der Waals surface area contributed by atoms with Crippen LogP contribution < -0.4 is 27.0 Å². The molecule has 0 heterocycles. The highest BCUT2D eigenvalue weighted by Gasteiger charge is 2.66. The Morgan fingerprint density at radius 2 is 0.944 bits per heavy atom. The molecular formula is C48H58IN7O15. The number of amides is 3. The molecule has 8 atom stereocenters. The van der Waals surface area contributed by atoms with Gasteiger partial charge in [-0.15, -0.1) is 0 Å². The number of anilines is 2. The van der Waals surface area contributed by atoms with Gasteiger partial charge in [0.05, 0.1) is 32.3 Å². The summed E-state index contributed by atoms with van der Waals surface area (Å²) in [5, 5.41) is 88.9. The number of nitrogens with zero attached hydrogens (tertiary/aromatic N) is 4. The molecule has 71 heavy (non-hydrogen) atoms. The van der Waals surface area contributed by atoms with E-state index in [1.54, 1.807) is 39.2 Å². The second-order valence-corrected chi connectivity index (χ2v) is 20.5. The van der Waals surface area contributed by atoms with Gasteiger partial charge in [0.15, 0.2) is 22.8 Å². The van der Waals surface area contributed by atoms with Gasteiger partial charge < -0.3 is 67.9 Å². The van der Waals surface area contributed by atoms with E-state index in [1.165, 1.54) is 30.0 Å². The van der Waals surface area contributed by atoms with Crippen LogP contribution in [0.5, 0.6) is 11.5 Å². The number of aliphatic hydroxyl groups excluding tert-OH is 4. The minimum Gasteiger partial charge on any atom is -0.508 e. The van der Waals surface area contributed by atoms with E-state index in [0.717, 1.165) is 5.69 Å². The quantitative estimate of drug-likeness (QED) is 0.132. The minimum atomic E-state index is -2.73. The van der Waals surface area contributed by atoms with Crippen LogP contribution in [0.15, 0.2) is 45.9 Å². The standard InChI is InChI=1S/C24H28N4O8.C23H26IN3O7.CH4/c1-27(2)12-7-10(22(25)34)17(29)14-9(12)5-8-6-11-16(28(3)4)19(31)15(23(26)35)21(33)24(11,36)20(32)13(8)18(14)30;1-26(2)12-7-11(24)17(28)14-9(12)5-8-6-10-16(27(3)4)19(30)15(22(25)33)21(32)23(10,34)20(31)13(8)18(14)29;/h7-8,11,16,29-30,33,36H,5-6H2,1-4H3,(H2,25,34)(H2,26,35);7-8,10,16,28-29,32,34H,5-6H2,1-4H3,(H2,25,33);1H4/t8-,11-,16-,24-;8?,10?,16-,23-;/m00./s1. The fraction of sp³-hybridized carbons (Fsp3) is 0.438. The van der Waals surface area contributed by atoms with Crippen LogP contribution in [-0.4, -0.2) is 171 Å². The number of hydrogen-bond donors (Lipinski definition) is 11. The first-order valence-electron chi connectivity index (χ1n) is 21.8. The van der Waals surface area contributed by atoms with Crippen LogP contribution in [0.3, 0.4) is 0 Å². The molecule has 382 valence electrons. The van der Waals surface area contributed by atoms with Crippen LogP contribution in [0.2, 0.25) is 0 Å². The third kappa shape index (κ3) is 7.61. The maximum Gasteiger partial charge on any atom is 0.255 e.